The van der Waals surface area contributed by atoms with E-state index in [1.54, 1.807) is 11.9 Å². The van der Waals surface area contributed by atoms with Crippen LogP contribution in [0.1, 0.15) is 46.7 Å². The van der Waals surface area contributed by atoms with Gasteiger partial charge in [0.15, 0.2) is 5.69 Å². The molecule has 1 heterocycles. The van der Waals surface area contributed by atoms with Crippen molar-refractivity contribution < 1.29 is 19.2 Å². The third kappa shape index (κ3) is 2.69. The summed E-state index contributed by atoms with van der Waals surface area (Å²) in [6, 6.07) is 1.16. The minimum atomic E-state index is -1.22. The summed E-state index contributed by atoms with van der Waals surface area (Å²) in [6.45, 7) is 0.689. The zero-order chi connectivity index (χ0) is 13.1. The van der Waals surface area contributed by atoms with Gasteiger partial charge in [-0.1, -0.05) is 18.0 Å². The summed E-state index contributed by atoms with van der Waals surface area (Å²) in [5.74, 6) is -1.28. The summed E-state index contributed by atoms with van der Waals surface area (Å²) < 4.78 is 4.57. The molecule has 1 saturated carbocycles. The number of rotatable bonds is 4. The number of aromatic carboxylic acids is 1. The lowest BCUT2D eigenvalue weighted by molar-refractivity contribution is 0.0649. The van der Waals surface area contributed by atoms with Gasteiger partial charge in [0.1, 0.15) is 0 Å². The fourth-order valence-electron chi connectivity index (χ4n) is 2.34. The molecule has 6 heteroatoms. The van der Waals surface area contributed by atoms with Crippen LogP contribution in [-0.2, 0) is 0 Å². The number of carbonyl (C=O) groups is 2. The SMILES string of the molecule is CN(CC1CCCC1)C(=O)c1cc(C(=O)O)on1. The standard InChI is InChI=1S/C12H16N2O4/c1-14(7-8-4-2-3-5-8)11(15)9-6-10(12(16)17)18-13-9/h6,8H,2-5,7H2,1H3,(H,16,17). The van der Waals surface area contributed by atoms with Gasteiger partial charge in [0, 0.05) is 19.7 Å². The van der Waals surface area contributed by atoms with Crippen molar-refractivity contribution in [3.05, 3.63) is 17.5 Å². The lowest BCUT2D eigenvalue weighted by Crippen LogP contribution is -2.31. The number of aromatic nitrogens is 1. The van der Waals surface area contributed by atoms with E-state index >= 15 is 0 Å². The Labute approximate surface area is 105 Å². The van der Waals surface area contributed by atoms with Gasteiger partial charge < -0.3 is 14.5 Å². The molecule has 0 spiro atoms. The second-order valence-electron chi connectivity index (χ2n) is 4.72. The molecule has 1 amide bonds. The molecule has 1 aromatic heterocycles. The summed E-state index contributed by atoms with van der Waals surface area (Å²) in [4.78, 5) is 24.2. The zero-order valence-corrected chi connectivity index (χ0v) is 10.3. The fourth-order valence-corrected chi connectivity index (χ4v) is 2.34. The minimum absolute atomic E-state index is 0.0490. The van der Waals surface area contributed by atoms with E-state index in [0.717, 1.165) is 18.9 Å². The van der Waals surface area contributed by atoms with Crippen molar-refractivity contribution in [2.24, 2.45) is 5.92 Å². The molecule has 0 bridgehead atoms. The maximum Gasteiger partial charge on any atom is 0.374 e. The largest absolute Gasteiger partial charge is 0.475 e. The monoisotopic (exact) mass is 252 g/mol. The molecular formula is C12H16N2O4. The van der Waals surface area contributed by atoms with E-state index in [1.807, 2.05) is 0 Å². The van der Waals surface area contributed by atoms with Gasteiger partial charge >= 0.3 is 5.97 Å². The number of amides is 1. The van der Waals surface area contributed by atoms with Crippen LogP contribution >= 0.6 is 0 Å². The van der Waals surface area contributed by atoms with Crippen LogP contribution in [0.5, 0.6) is 0 Å². The van der Waals surface area contributed by atoms with E-state index in [-0.39, 0.29) is 17.4 Å². The average molecular weight is 252 g/mol. The summed E-state index contributed by atoms with van der Waals surface area (Å²) in [6.07, 6.45) is 4.74. The minimum Gasteiger partial charge on any atom is -0.475 e. The van der Waals surface area contributed by atoms with Crippen LogP contribution in [0.3, 0.4) is 0 Å². The van der Waals surface area contributed by atoms with Crippen LogP contribution in [0.25, 0.3) is 0 Å². The molecule has 0 unspecified atom stereocenters. The molecule has 0 saturated heterocycles. The molecular weight excluding hydrogens is 236 g/mol. The smallest absolute Gasteiger partial charge is 0.374 e. The Morgan fingerprint density at radius 1 is 1.50 bits per heavy atom. The highest BCUT2D eigenvalue weighted by atomic mass is 16.5. The highest BCUT2D eigenvalue weighted by Crippen LogP contribution is 2.25. The molecule has 18 heavy (non-hydrogen) atoms. The van der Waals surface area contributed by atoms with E-state index in [2.05, 4.69) is 9.68 Å². The van der Waals surface area contributed by atoms with E-state index < -0.39 is 5.97 Å². The van der Waals surface area contributed by atoms with Gasteiger partial charge in [0.2, 0.25) is 5.76 Å². The zero-order valence-electron chi connectivity index (χ0n) is 10.3. The van der Waals surface area contributed by atoms with Crippen molar-refractivity contribution >= 4 is 11.9 Å². The first-order chi connectivity index (χ1) is 8.58. The van der Waals surface area contributed by atoms with Gasteiger partial charge in [-0.05, 0) is 18.8 Å². The van der Waals surface area contributed by atoms with Crippen LogP contribution in [-0.4, -0.2) is 40.6 Å². The topological polar surface area (TPSA) is 83.6 Å². The molecule has 1 N–H and O–H groups in total. The fraction of sp³-hybridized carbons (Fsp3) is 0.583. The number of nitrogens with zero attached hydrogens (tertiary/aromatic N) is 2. The Bertz CT molecular complexity index is 449. The average Bonchev–Trinajstić information content (AvgIpc) is 2.98. The normalized spacial score (nSPS) is 15.8. The number of hydrogen-bond acceptors (Lipinski definition) is 4. The number of carboxylic acid groups (broad SMARTS) is 1. The number of carboxylic acids is 1. The molecule has 1 aliphatic rings. The van der Waals surface area contributed by atoms with Crippen molar-refractivity contribution in [1.29, 1.82) is 0 Å². The summed E-state index contributed by atoms with van der Waals surface area (Å²) >= 11 is 0. The van der Waals surface area contributed by atoms with E-state index in [9.17, 15) is 9.59 Å². The maximum atomic E-state index is 12.0. The van der Waals surface area contributed by atoms with Crippen LogP contribution in [0, 0.1) is 5.92 Å². The predicted octanol–water partition coefficient (Wildman–Crippen LogP) is 1.64. The summed E-state index contributed by atoms with van der Waals surface area (Å²) in [5, 5.41) is 12.2. The third-order valence-corrected chi connectivity index (χ3v) is 3.29. The predicted molar refractivity (Wildman–Crippen MR) is 62.4 cm³/mol. The molecule has 0 radical (unpaired) electrons. The van der Waals surface area contributed by atoms with Crippen LogP contribution in [0.15, 0.2) is 10.6 Å². The number of hydrogen-bond donors (Lipinski definition) is 1. The van der Waals surface area contributed by atoms with Crippen molar-refractivity contribution in [1.82, 2.24) is 10.1 Å². The van der Waals surface area contributed by atoms with Crippen molar-refractivity contribution in [2.45, 2.75) is 25.7 Å². The van der Waals surface area contributed by atoms with Gasteiger partial charge in [-0.3, -0.25) is 4.79 Å². The number of carbonyl (C=O) groups excluding carboxylic acids is 1. The second-order valence-corrected chi connectivity index (χ2v) is 4.72. The van der Waals surface area contributed by atoms with E-state index in [1.165, 1.54) is 12.8 Å². The van der Waals surface area contributed by atoms with Gasteiger partial charge in [0.05, 0.1) is 0 Å². The molecule has 1 fully saturated rings. The van der Waals surface area contributed by atoms with Crippen LogP contribution < -0.4 is 0 Å². The van der Waals surface area contributed by atoms with Gasteiger partial charge in [-0.2, -0.15) is 0 Å². The Morgan fingerprint density at radius 3 is 2.72 bits per heavy atom. The van der Waals surface area contributed by atoms with E-state index in [4.69, 9.17) is 5.11 Å². The Balaban J connectivity index is 1.98. The molecule has 1 aromatic rings. The van der Waals surface area contributed by atoms with Gasteiger partial charge in [0.25, 0.3) is 5.91 Å². The Hall–Kier alpha value is -1.85. The summed E-state index contributed by atoms with van der Waals surface area (Å²) in [7, 11) is 1.70. The van der Waals surface area contributed by atoms with Crippen molar-refractivity contribution in [3.8, 4) is 0 Å². The Kier molecular flexibility index (Phi) is 3.64. The van der Waals surface area contributed by atoms with Crippen LogP contribution in [0.2, 0.25) is 0 Å². The second kappa shape index (κ2) is 5.20. The first-order valence-electron chi connectivity index (χ1n) is 6.03. The van der Waals surface area contributed by atoms with Gasteiger partial charge in [-0.15, -0.1) is 0 Å². The molecule has 6 nitrogen and oxygen atoms in total. The van der Waals surface area contributed by atoms with E-state index in [0.29, 0.717) is 12.5 Å². The molecule has 0 atom stereocenters. The molecule has 0 aromatic carbocycles. The van der Waals surface area contributed by atoms with Crippen LogP contribution in [0.4, 0.5) is 0 Å². The third-order valence-electron chi connectivity index (χ3n) is 3.29. The first kappa shape index (κ1) is 12.6. The lowest BCUT2D eigenvalue weighted by atomic mass is 10.1. The van der Waals surface area contributed by atoms with Crippen molar-refractivity contribution in [3.63, 3.8) is 0 Å². The quantitative estimate of drug-likeness (QED) is 0.880. The highest BCUT2D eigenvalue weighted by molar-refractivity contribution is 5.94. The molecule has 98 valence electrons. The Morgan fingerprint density at radius 2 is 2.17 bits per heavy atom. The lowest BCUT2D eigenvalue weighted by Gasteiger charge is -2.19. The first-order valence-corrected chi connectivity index (χ1v) is 6.03. The maximum absolute atomic E-state index is 12.0. The van der Waals surface area contributed by atoms with Gasteiger partial charge in [-0.25, -0.2) is 4.79 Å². The molecule has 1 aliphatic carbocycles. The summed E-state index contributed by atoms with van der Waals surface area (Å²) in [5.41, 5.74) is 0.0490. The highest BCUT2D eigenvalue weighted by Gasteiger charge is 2.23. The van der Waals surface area contributed by atoms with Crippen molar-refractivity contribution in [2.75, 3.05) is 13.6 Å². The molecule has 2 rings (SSSR count). The molecule has 0 aliphatic heterocycles.